The van der Waals surface area contributed by atoms with E-state index >= 15 is 0 Å². The minimum atomic E-state index is -1.31. The molecule has 1 heterocycles. The van der Waals surface area contributed by atoms with E-state index in [2.05, 4.69) is 53.8 Å². The van der Waals surface area contributed by atoms with Crippen molar-refractivity contribution < 1.29 is 73.7 Å². The second kappa shape index (κ2) is 10.6. The number of aliphatic hydroxyl groups excluding tert-OH is 1. The van der Waals surface area contributed by atoms with Gasteiger partial charge in [-0.1, -0.05) is 61.0 Å². The van der Waals surface area contributed by atoms with Crippen molar-refractivity contribution in [1.82, 2.24) is 5.32 Å². The van der Waals surface area contributed by atoms with Gasteiger partial charge in [-0.05, 0) is 62.0 Å². The largest absolute Gasteiger partial charge is 0.455 e. The van der Waals surface area contributed by atoms with E-state index in [0.29, 0.717) is 5.92 Å². The molecule has 8 heteroatoms. The van der Waals surface area contributed by atoms with Crippen molar-refractivity contribution in [1.29, 1.82) is 0 Å². The molecular formula is C30H51AcNO6. The Bertz CT molecular complexity index is 970. The zero-order valence-electron chi connectivity index (χ0n) is 25.3. The van der Waals surface area contributed by atoms with E-state index in [1.165, 1.54) is 0 Å². The van der Waals surface area contributed by atoms with Crippen molar-refractivity contribution >= 4 is 5.97 Å². The molecule has 13 atom stereocenters. The molecule has 38 heavy (non-hydrogen) atoms. The number of hydrogen-bond acceptors (Lipinski definition) is 7. The summed E-state index contributed by atoms with van der Waals surface area (Å²) in [6.07, 6.45) is -1.40. The van der Waals surface area contributed by atoms with E-state index in [9.17, 15) is 20.1 Å². The quantitative estimate of drug-likeness (QED) is 0.259. The van der Waals surface area contributed by atoms with Crippen molar-refractivity contribution in [3.8, 4) is 0 Å². The summed E-state index contributed by atoms with van der Waals surface area (Å²) >= 11 is 0. The molecule has 9 unspecified atom stereocenters. The first-order chi connectivity index (χ1) is 16.9. The van der Waals surface area contributed by atoms with Crippen molar-refractivity contribution in [2.45, 2.75) is 111 Å². The Balaban J connectivity index is 0.00000400. The van der Waals surface area contributed by atoms with Gasteiger partial charge in [0.15, 0.2) is 6.10 Å². The molecule has 0 amide bonds. The molecule has 4 aliphatic rings. The normalized spacial score (nSPS) is 49.2. The summed E-state index contributed by atoms with van der Waals surface area (Å²) in [5.41, 5.74) is -1.03. The number of likely N-dealkylation sites (N-methyl/N-ethyl adjacent to an activating group) is 1. The predicted molar refractivity (Wildman–Crippen MR) is 143 cm³/mol. The fourth-order valence-electron chi connectivity index (χ4n) is 9.80. The van der Waals surface area contributed by atoms with E-state index in [1.54, 1.807) is 14.0 Å². The van der Waals surface area contributed by atoms with Gasteiger partial charge in [0.2, 0.25) is 0 Å². The van der Waals surface area contributed by atoms with Crippen molar-refractivity contribution in [3.63, 3.8) is 0 Å². The fraction of sp³-hybridized carbons (Fsp3) is 0.900. The maximum Gasteiger partial charge on any atom is 0.337 e. The Labute approximate surface area is 265 Å². The summed E-state index contributed by atoms with van der Waals surface area (Å²) in [5.74, 6) is -1.05. The van der Waals surface area contributed by atoms with Crippen LogP contribution in [-0.2, 0) is 14.3 Å². The number of carbonyl (C=O) groups is 1. The molecule has 1 saturated heterocycles. The van der Waals surface area contributed by atoms with Gasteiger partial charge in [-0.3, -0.25) is 0 Å². The minimum Gasteiger partial charge on any atom is -0.455 e. The Morgan fingerprint density at radius 3 is 2.16 bits per heavy atom. The third-order valence-corrected chi connectivity index (χ3v) is 12.4. The first-order valence-electron chi connectivity index (χ1n) is 14.3. The Hall–Kier alpha value is 0.452. The second-order valence-corrected chi connectivity index (χ2v) is 13.9. The summed E-state index contributed by atoms with van der Waals surface area (Å²) < 4.78 is 12.0. The van der Waals surface area contributed by atoms with E-state index in [1.807, 2.05) is 13.8 Å². The van der Waals surface area contributed by atoms with Crippen molar-refractivity contribution in [3.05, 3.63) is 11.1 Å². The van der Waals surface area contributed by atoms with Crippen LogP contribution in [0.15, 0.2) is 11.1 Å². The molecule has 4 N–H and O–H groups in total. The number of nitrogens with one attached hydrogen (secondary N) is 1. The maximum atomic E-state index is 13.1. The number of aliphatic hydroxyl groups is 3. The van der Waals surface area contributed by atoms with Crippen LogP contribution in [0.2, 0.25) is 0 Å². The average Bonchev–Trinajstić information content (AvgIpc) is 2.84. The Morgan fingerprint density at radius 1 is 1.08 bits per heavy atom. The van der Waals surface area contributed by atoms with E-state index in [0.717, 1.165) is 17.6 Å². The summed E-state index contributed by atoms with van der Waals surface area (Å²) in [5, 5.41) is 38.6. The van der Waals surface area contributed by atoms with Gasteiger partial charge < -0.3 is 30.1 Å². The summed E-state index contributed by atoms with van der Waals surface area (Å²) in [4.78, 5) is 13.1. The van der Waals surface area contributed by atoms with Crippen LogP contribution in [0.25, 0.3) is 0 Å². The Kier molecular flexibility index (Phi) is 9.21. The molecule has 7 nitrogen and oxygen atoms in total. The van der Waals surface area contributed by atoms with Gasteiger partial charge in [0.25, 0.3) is 0 Å². The van der Waals surface area contributed by atoms with Crippen LogP contribution in [0, 0.1) is 90.4 Å². The molecule has 2 bridgehead atoms. The monoisotopic (exact) mass is 748 g/mol. The van der Waals surface area contributed by atoms with Crippen molar-refractivity contribution in [2.75, 3.05) is 13.7 Å². The molecule has 4 rings (SSSR count). The number of ether oxygens (including phenoxy) is 2. The van der Waals surface area contributed by atoms with Gasteiger partial charge >= 0.3 is 5.97 Å². The van der Waals surface area contributed by atoms with E-state index < -0.39 is 46.8 Å². The van der Waals surface area contributed by atoms with E-state index in [4.69, 9.17) is 9.47 Å². The van der Waals surface area contributed by atoms with Gasteiger partial charge in [-0.25, -0.2) is 4.79 Å². The first kappa shape index (κ1) is 33.0. The maximum absolute atomic E-state index is 13.1. The topological polar surface area (TPSA) is 108 Å². The summed E-state index contributed by atoms with van der Waals surface area (Å²) in [6.45, 7) is 21.4. The van der Waals surface area contributed by atoms with Crippen molar-refractivity contribution in [2.24, 2.45) is 46.3 Å². The van der Waals surface area contributed by atoms with Crippen LogP contribution in [0.4, 0.5) is 0 Å². The Morgan fingerprint density at radius 2 is 1.66 bits per heavy atom. The first-order valence-corrected chi connectivity index (χ1v) is 14.3. The molecule has 1 aliphatic heterocycles. The van der Waals surface area contributed by atoms with Gasteiger partial charge in [-0.2, -0.15) is 0 Å². The summed E-state index contributed by atoms with van der Waals surface area (Å²) in [6, 6.07) is -0.462. The van der Waals surface area contributed by atoms with Crippen LogP contribution in [0.3, 0.4) is 0 Å². The van der Waals surface area contributed by atoms with Crippen LogP contribution < -0.4 is 5.32 Å². The van der Waals surface area contributed by atoms with Gasteiger partial charge in [0, 0.05) is 67.4 Å². The zero-order valence-corrected chi connectivity index (χ0v) is 30.1. The molecule has 215 valence electrons. The standard InChI is InChI=1S/C30H51NO6.Ac/c1-14-12-21-29(34,13-36-21)25-19(6)30(35)18(5)24(37-26(33)23(32)20(7)31-11)16(3)22(27(30,8)9)15(2)17(4)28(14,25)10;/h14-15,17-21,23-25,31-32,34-35H,12-13H2,1-11H3;/t14?,15?,17?,18-,19-,20?,21?,23?,24?,25?,28-,29-,30?;/m0./s1. The van der Waals surface area contributed by atoms with Gasteiger partial charge in [-0.15, -0.1) is 0 Å². The van der Waals surface area contributed by atoms with E-state index in [-0.39, 0.29) is 85.9 Å². The van der Waals surface area contributed by atoms with Crippen LogP contribution in [-0.4, -0.2) is 70.5 Å². The third-order valence-electron chi connectivity index (χ3n) is 12.4. The van der Waals surface area contributed by atoms with Crippen LogP contribution in [0.1, 0.15) is 75.7 Å². The number of esters is 1. The number of hydrogen-bond donors (Lipinski definition) is 4. The molecule has 0 aromatic carbocycles. The molecular weight excluding hydrogens is 697 g/mol. The fourth-order valence-corrected chi connectivity index (χ4v) is 9.80. The van der Waals surface area contributed by atoms with Crippen LogP contribution in [0.5, 0.6) is 0 Å². The zero-order chi connectivity index (χ0) is 28.0. The second-order valence-electron chi connectivity index (χ2n) is 13.9. The molecule has 0 aromatic heterocycles. The molecule has 3 fully saturated rings. The number of rotatable bonds is 4. The van der Waals surface area contributed by atoms with Gasteiger partial charge in [0.05, 0.1) is 18.3 Å². The third kappa shape index (κ3) is 4.12. The number of carbonyl (C=O) groups excluding carboxylic acids is 1. The van der Waals surface area contributed by atoms with Gasteiger partial charge in [0.1, 0.15) is 11.7 Å². The minimum absolute atomic E-state index is 0. The SMILES string of the molecule is CNC(C)C(O)C(=O)OC1C(C)=C2C(C)C(C)[C@]3(C)C(C)CC4OC[C@@]4(O)C3[C@H](C)C(O)([C@H]1C)C2(C)C.[Ac]. The molecule has 0 aromatic rings. The molecule has 3 aliphatic carbocycles. The molecule has 0 spiro atoms. The average molecular weight is 749 g/mol. The summed E-state index contributed by atoms with van der Waals surface area (Å²) in [7, 11) is 1.69. The smallest absolute Gasteiger partial charge is 0.337 e. The number of fused-ring (bicyclic) bond motifs is 5. The molecule has 2 saturated carbocycles. The van der Waals surface area contributed by atoms with Crippen LogP contribution >= 0.6 is 0 Å². The predicted octanol–water partition coefficient (Wildman–Crippen LogP) is 3.30. The molecule has 1 radical (unpaired) electrons.